The van der Waals surface area contributed by atoms with E-state index in [0.29, 0.717) is 11.8 Å². The van der Waals surface area contributed by atoms with Gasteiger partial charge in [-0.05, 0) is 66.9 Å². The molecule has 0 spiro atoms. The first-order valence-corrected chi connectivity index (χ1v) is 32.5. The van der Waals surface area contributed by atoms with Gasteiger partial charge in [0.05, 0.1) is 9.52 Å². The summed E-state index contributed by atoms with van der Waals surface area (Å²) in [5, 5.41) is 8.31. The number of hydrogen-bond donors (Lipinski definition) is 0. The predicted octanol–water partition coefficient (Wildman–Crippen LogP) is 19.0. The summed E-state index contributed by atoms with van der Waals surface area (Å²) in [6.07, 6.45) is 0. The predicted molar refractivity (Wildman–Crippen MR) is 310 cm³/mol. The summed E-state index contributed by atoms with van der Waals surface area (Å²) in [4.78, 5) is 0. The van der Waals surface area contributed by atoms with Crippen molar-refractivity contribution in [3.63, 3.8) is 0 Å². The van der Waals surface area contributed by atoms with Crippen LogP contribution in [0.3, 0.4) is 0 Å². The van der Waals surface area contributed by atoms with Gasteiger partial charge in [0.2, 0.25) is 0 Å². The topological polar surface area (TPSA) is 0 Å². The summed E-state index contributed by atoms with van der Waals surface area (Å²) in [7, 11) is 10.7. The maximum atomic E-state index is 4.93. The van der Waals surface area contributed by atoms with Crippen molar-refractivity contribution in [2.75, 3.05) is 0 Å². The van der Waals surface area contributed by atoms with Crippen molar-refractivity contribution in [1.82, 2.24) is 0 Å². The smallest absolute Gasteiger partial charge is 0.0920 e. The molecule has 0 fully saturated rings. The van der Waals surface area contributed by atoms with Crippen molar-refractivity contribution < 1.29 is 20.8 Å². The molecule has 0 atom stereocenters. The molecule has 0 saturated heterocycles. The van der Waals surface area contributed by atoms with E-state index in [2.05, 4.69) is 252 Å². The number of benzene rings is 6. The van der Waals surface area contributed by atoms with E-state index >= 15 is 0 Å². The van der Waals surface area contributed by atoms with Crippen LogP contribution >= 0.6 is 17.0 Å². The van der Waals surface area contributed by atoms with Crippen LogP contribution in [0.4, 0.5) is 0 Å². The first-order chi connectivity index (χ1) is 32.6. The van der Waals surface area contributed by atoms with Crippen LogP contribution in [-0.2, 0) is 42.5 Å². The number of halogens is 2. The van der Waals surface area contributed by atoms with Crippen molar-refractivity contribution in [2.24, 2.45) is 0 Å². The summed E-state index contributed by atoms with van der Waals surface area (Å²) in [5.41, 5.74) is 20.1. The summed E-state index contributed by atoms with van der Waals surface area (Å²) in [6.45, 7) is 41.4. The third-order valence-electron chi connectivity index (χ3n) is 13.6. The Kier molecular flexibility index (Phi) is 17.6. The summed E-state index contributed by atoms with van der Waals surface area (Å²) >= 11 is -0.826. The molecule has 1 heterocycles. The van der Waals surface area contributed by atoms with E-state index in [0.717, 1.165) is 9.52 Å². The number of rotatable bonds is 4. The Balaban J connectivity index is 0.000000176. The largest absolute Gasteiger partial charge is 0.184 e. The van der Waals surface area contributed by atoms with Gasteiger partial charge in [-0.1, -0.05) is 218 Å². The van der Waals surface area contributed by atoms with Gasteiger partial charge < -0.3 is 0 Å². The first kappa shape index (κ1) is 55.5. The van der Waals surface area contributed by atoms with Gasteiger partial charge in [0.25, 0.3) is 0 Å². The van der Waals surface area contributed by atoms with E-state index in [9.17, 15) is 0 Å². The number of hydrogen-bond acceptors (Lipinski definition) is 0. The summed E-state index contributed by atoms with van der Waals surface area (Å²) in [5.74, 6) is 0.993. The minimum absolute atomic E-state index is 0.129. The molecule has 8 aromatic rings. The molecule has 0 aliphatic carbocycles. The van der Waals surface area contributed by atoms with Crippen LogP contribution in [-0.4, -0.2) is 9.52 Å². The van der Waals surface area contributed by atoms with Crippen LogP contribution in [0.2, 0.25) is 0 Å². The third kappa shape index (κ3) is 13.1. The van der Waals surface area contributed by atoms with Gasteiger partial charge in [-0.3, -0.25) is 0 Å². The van der Waals surface area contributed by atoms with Crippen molar-refractivity contribution in [2.45, 2.75) is 158 Å². The fraction of sp³-hybridized carbons (Fsp3) is 0.364. The molecule has 0 bridgehead atoms. The molecule has 0 N–H and O–H groups in total. The molecule has 8 aromatic carbocycles. The van der Waals surface area contributed by atoms with Gasteiger partial charge in [0.1, 0.15) is 0 Å². The Morgan fingerprint density at radius 3 is 1.23 bits per heavy atom. The van der Waals surface area contributed by atoms with E-state index in [-0.39, 0.29) is 21.7 Å². The molecule has 2 radical (unpaired) electrons. The zero-order valence-electron chi connectivity index (χ0n) is 45.5. The minimum Gasteiger partial charge on any atom is -0.184 e. The van der Waals surface area contributed by atoms with Crippen molar-refractivity contribution in [3.05, 3.63) is 178 Å². The minimum atomic E-state index is -0.826. The molecule has 9 rings (SSSR count). The van der Waals surface area contributed by atoms with Crippen LogP contribution in [0.5, 0.6) is 0 Å². The van der Waals surface area contributed by atoms with Gasteiger partial charge >= 0.3 is 37.9 Å². The Bertz CT molecular complexity index is 2800. The average molecular weight is 1060 g/mol. The maximum Gasteiger partial charge on any atom is 0.0920 e. The van der Waals surface area contributed by atoms with Crippen molar-refractivity contribution in [1.29, 1.82) is 0 Å². The quantitative estimate of drug-likeness (QED) is 0.122. The number of aryl methyl sites for hydroxylation is 2. The fourth-order valence-electron chi connectivity index (χ4n) is 9.51. The molecule has 1 aliphatic rings. The molecule has 0 amide bonds. The molecular weight excluding hydrogens is 983 g/mol. The SMILES string of the molecule is Cc1cc2c(-c3cc(C(C)(C)C)cc(C(C)(C)C)c3)c(C(C)C)ccc2[cH-]1.Cc1cc2c(-c3cc(C(C)(C)C)cc(C(C)(C)C)c3)c(C(C)C)ccc2[cH-]1.[Cl][Zr][Cl].[c-]1cccc2c1[Si]c1ccccc1-2. The van der Waals surface area contributed by atoms with Gasteiger partial charge in [0, 0.05) is 0 Å². The Hall–Kier alpha value is -3.78. The molecule has 0 unspecified atom stereocenters. The van der Waals surface area contributed by atoms with E-state index in [1.807, 2.05) is 6.07 Å². The summed E-state index contributed by atoms with van der Waals surface area (Å²) < 4.78 is 0. The van der Waals surface area contributed by atoms with Gasteiger partial charge in [-0.2, -0.15) is 41.6 Å². The maximum absolute atomic E-state index is 4.93. The van der Waals surface area contributed by atoms with Crippen LogP contribution in [0.1, 0.15) is 167 Å². The molecule has 366 valence electrons. The Labute approximate surface area is 445 Å². The molecule has 0 nitrogen and oxygen atoms in total. The zero-order chi connectivity index (χ0) is 51.7. The fourth-order valence-corrected chi connectivity index (χ4v) is 10.8. The molecule has 0 aromatic heterocycles. The van der Waals surface area contributed by atoms with E-state index in [1.165, 1.54) is 110 Å². The van der Waals surface area contributed by atoms with E-state index in [4.69, 9.17) is 17.0 Å². The standard InChI is InChI=1S/2C27H35.C12H7Si.2ClH.Zr/c2*1-17(2)23-11-10-19-12-18(3)13-24(19)25(23)20-14-21(26(4,5)6)16-22(15-20)27(7,8)9;1-3-7-11-9(5-1)10-6-2-4-8-12(10)13-11;;;/h2*10-17H,1-9H3;1-7H;2*1H;/q3*-1;;;+2/p-2. The van der Waals surface area contributed by atoms with Crippen LogP contribution in [0, 0.1) is 19.9 Å². The zero-order valence-corrected chi connectivity index (χ0v) is 50.5. The first-order valence-electron chi connectivity index (χ1n) is 25.2. The molecule has 0 saturated carbocycles. The third-order valence-corrected chi connectivity index (χ3v) is 15.0. The average Bonchev–Trinajstić information content (AvgIpc) is 3.97. The second-order valence-electron chi connectivity index (χ2n) is 24.2. The van der Waals surface area contributed by atoms with Gasteiger partial charge in [-0.15, -0.1) is 74.6 Å². The monoisotopic (exact) mass is 1060 g/mol. The molecular formula is C66H77Cl2SiZr-3. The van der Waals surface area contributed by atoms with Crippen LogP contribution in [0.25, 0.3) is 54.9 Å². The van der Waals surface area contributed by atoms with Crippen LogP contribution in [0.15, 0.2) is 127 Å². The molecule has 70 heavy (non-hydrogen) atoms. The van der Waals surface area contributed by atoms with Crippen LogP contribution < -0.4 is 10.4 Å². The van der Waals surface area contributed by atoms with E-state index < -0.39 is 20.8 Å². The molecule has 1 aliphatic heterocycles. The van der Waals surface area contributed by atoms with Gasteiger partial charge in [-0.25, -0.2) is 0 Å². The van der Waals surface area contributed by atoms with Crippen molar-refractivity contribution >= 4 is 58.5 Å². The summed E-state index contributed by atoms with van der Waals surface area (Å²) in [6, 6.07) is 51.3. The van der Waals surface area contributed by atoms with Crippen molar-refractivity contribution in [3.8, 4) is 33.4 Å². The Morgan fingerprint density at radius 2 is 0.857 bits per heavy atom. The molecule has 4 heteroatoms. The second-order valence-corrected chi connectivity index (χ2v) is 29.3. The van der Waals surface area contributed by atoms with E-state index in [1.54, 1.807) is 0 Å². The van der Waals surface area contributed by atoms with Gasteiger partial charge in [0.15, 0.2) is 0 Å². The normalized spacial score (nSPS) is 12.5. The Morgan fingerprint density at radius 1 is 0.486 bits per heavy atom. The number of fused-ring (bicyclic) bond motifs is 5. The second kappa shape index (κ2) is 22.1.